The maximum absolute atomic E-state index is 12.2. The fourth-order valence-corrected chi connectivity index (χ4v) is 9.13. The number of fused-ring (bicyclic) bond motifs is 3. The van der Waals surface area contributed by atoms with Crippen LogP contribution in [-0.2, 0) is 9.53 Å². The molecule has 2 saturated carbocycles. The number of phenolic OH excluding ortho intramolecular Hbond substituents is 1. The van der Waals surface area contributed by atoms with Crippen LogP contribution in [0.4, 0.5) is 17.5 Å². The van der Waals surface area contributed by atoms with Crippen LogP contribution in [0.2, 0.25) is 5.02 Å². The number of nitrogens with one attached hydrogen (secondary N) is 1. The molecule has 0 unspecified atom stereocenters. The van der Waals surface area contributed by atoms with Crippen molar-refractivity contribution in [3.05, 3.63) is 47.2 Å². The van der Waals surface area contributed by atoms with E-state index < -0.39 is 0 Å². The Bertz CT molecular complexity index is 1630. The summed E-state index contributed by atoms with van der Waals surface area (Å²) >= 11 is 6.16. The first-order chi connectivity index (χ1) is 23.4. The number of ether oxygens (including phenoxy) is 1. The second kappa shape index (κ2) is 13.0. The maximum atomic E-state index is 12.2. The van der Waals surface area contributed by atoms with Gasteiger partial charge in [-0.3, -0.25) is 4.79 Å². The highest BCUT2D eigenvalue weighted by atomic mass is 35.5. The number of nitrogens with zero attached hydrogens (tertiary/aromatic N) is 7. The van der Waals surface area contributed by atoms with Crippen molar-refractivity contribution in [1.29, 1.82) is 0 Å². The summed E-state index contributed by atoms with van der Waals surface area (Å²) in [6, 6.07) is 8.18. The Morgan fingerprint density at radius 2 is 1.81 bits per heavy atom. The molecule has 3 aromatic rings. The van der Waals surface area contributed by atoms with Gasteiger partial charge in [0.25, 0.3) is 0 Å². The number of carbonyl (C=O) groups excluding carboxylic acids is 1. The Labute approximate surface area is 287 Å². The lowest BCUT2D eigenvalue weighted by Gasteiger charge is -2.55. The zero-order valence-electron chi connectivity index (χ0n) is 27.7. The summed E-state index contributed by atoms with van der Waals surface area (Å²) in [6.45, 7) is 7.83. The van der Waals surface area contributed by atoms with Gasteiger partial charge in [-0.2, -0.15) is 0 Å². The molecule has 0 bridgehead atoms. The number of para-hydroxylation sites is 1. The van der Waals surface area contributed by atoms with Gasteiger partial charge in [0.2, 0.25) is 5.95 Å². The predicted molar refractivity (Wildman–Crippen MR) is 186 cm³/mol. The molecule has 5 heterocycles. The largest absolute Gasteiger partial charge is 0.506 e. The molecule has 2 N–H and O–H groups in total. The number of carbonyl (C=O) groups is 1. The minimum atomic E-state index is 0.0147. The van der Waals surface area contributed by atoms with Gasteiger partial charge in [-0.15, -0.1) is 10.2 Å². The quantitative estimate of drug-likeness (QED) is 0.323. The zero-order chi connectivity index (χ0) is 32.8. The van der Waals surface area contributed by atoms with Crippen molar-refractivity contribution in [2.45, 2.75) is 76.3 Å². The molecule has 2 aliphatic carbocycles. The van der Waals surface area contributed by atoms with E-state index in [1.54, 1.807) is 18.2 Å². The first-order valence-corrected chi connectivity index (χ1v) is 18.1. The van der Waals surface area contributed by atoms with Gasteiger partial charge >= 0.3 is 5.97 Å². The molecule has 8 rings (SSSR count). The van der Waals surface area contributed by atoms with Crippen LogP contribution in [0.5, 0.6) is 5.75 Å². The molecular weight excluding hydrogens is 628 g/mol. The molecule has 2 saturated heterocycles. The number of aromatic hydroxyl groups is 1. The van der Waals surface area contributed by atoms with Gasteiger partial charge in [-0.25, -0.2) is 9.97 Å². The molecule has 4 fully saturated rings. The topological polar surface area (TPSA) is 120 Å². The number of rotatable bonds is 6. The number of piperidine rings is 1. The summed E-state index contributed by atoms with van der Waals surface area (Å²) in [5.74, 6) is 2.20. The van der Waals surface area contributed by atoms with Crippen molar-refractivity contribution in [1.82, 2.24) is 25.1 Å². The number of hydrogen-bond donors (Lipinski definition) is 2. The molecule has 11 nitrogen and oxygen atoms in total. The van der Waals surface area contributed by atoms with Crippen LogP contribution in [0.15, 0.2) is 36.7 Å². The Morgan fingerprint density at radius 1 is 1.04 bits per heavy atom. The summed E-state index contributed by atoms with van der Waals surface area (Å²) < 4.78 is 5.28. The monoisotopic (exact) mass is 672 g/mol. The minimum Gasteiger partial charge on any atom is -0.506 e. The first kappa shape index (κ1) is 31.6. The smallest absolute Gasteiger partial charge is 0.308 e. The normalized spacial score (nSPS) is 27.5. The molecule has 2 aromatic heterocycles. The molecule has 5 aliphatic rings. The molecule has 3 aliphatic heterocycles. The zero-order valence-corrected chi connectivity index (χ0v) is 28.4. The van der Waals surface area contributed by atoms with Crippen molar-refractivity contribution in [2.75, 3.05) is 61.0 Å². The minimum absolute atomic E-state index is 0.0147. The number of anilines is 3. The third-order valence-electron chi connectivity index (χ3n) is 11.8. The Balaban J connectivity index is 0.835. The van der Waals surface area contributed by atoms with E-state index in [4.69, 9.17) is 26.3 Å². The summed E-state index contributed by atoms with van der Waals surface area (Å²) in [4.78, 5) is 29.3. The molecule has 254 valence electrons. The van der Waals surface area contributed by atoms with E-state index >= 15 is 0 Å². The van der Waals surface area contributed by atoms with E-state index in [-0.39, 0.29) is 23.7 Å². The highest BCUT2D eigenvalue weighted by Crippen LogP contribution is 2.55. The fourth-order valence-electron chi connectivity index (χ4n) is 8.96. The van der Waals surface area contributed by atoms with Crippen LogP contribution in [-0.4, -0.2) is 94.1 Å². The van der Waals surface area contributed by atoms with Crippen molar-refractivity contribution in [3.63, 3.8) is 0 Å². The third-order valence-corrected chi connectivity index (χ3v) is 12.1. The number of benzene rings is 1. The summed E-state index contributed by atoms with van der Waals surface area (Å²) in [7, 11) is 0. The van der Waals surface area contributed by atoms with E-state index in [0.29, 0.717) is 40.3 Å². The van der Waals surface area contributed by atoms with Crippen LogP contribution < -0.4 is 15.1 Å². The van der Waals surface area contributed by atoms with E-state index in [0.717, 1.165) is 82.4 Å². The lowest BCUT2D eigenvalue weighted by Crippen LogP contribution is -2.58. The summed E-state index contributed by atoms with van der Waals surface area (Å²) in [6.07, 6.45) is 13.4. The first-order valence-electron chi connectivity index (χ1n) is 17.7. The number of likely N-dealkylation sites (tertiary alicyclic amines) is 1. The molecule has 48 heavy (non-hydrogen) atoms. The number of halogens is 1. The van der Waals surface area contributed by atoms with Crippen LogP contribution in [0.25, 0.3) is 11.3 Å². The highest BCUT2D eigenvalue weighted by Gasteiger charge is 2.49. The van der Waals surface area contributed by atoms with E-state index in [2.05, 4.69) is 42.6 Å². The van der Waals surface area contributed by atoms with E-state index in [1.165, 1.54) is 31.2 Å². The van der Waals surface area contributed by atoms with Crippen molar-refractivity contribution >= 4 is 35.0 Å². The molecule has 1 atom stereocenters. The molecular formula is C36H45ClN8O3. The van der Waals surface area contributed by atoms with Crippen LogP contribution in [0.1, 0.15) is 69.8 Å². The summed E-state index contributed by atoms with van der Waals surface area (Å²) in [5.41, 5.74) is 3.86. The van der Waals surface area contributed by atoms with Gasteiger partial charge in [0.1, 0.15) is 5.75 Å². The van der Waals surface area contributed by atoms with E-state index in [9.17, 15) is 9.90 Å². The number of hydrogen-bond acceptors (Lipinski definition) is 11. The third kappa shape index (κ3) is 5.93. The van der Waals surface area contributed by atoms with Gasteiger partial charge in [-0.1, -0.05) is 17.7 Å². The molecule has 1 aromatic carbocycles. The Hall–Kier alpha value is -3.70. The second-order valence-electron chi connectivity index (χ2n) is 14.5. The second-order valence-corrected chi connectivity index (χ2v) is 14.9. The van der Waals surface area contributed by atoms with Crippen LogP contribution in [0.3, 0.4) is 0 Å². The van der Waals surface area contributed by atoms with E-state index in [1.807, 2.05) is 13.0 Å². The lowest BCUT2D eigenvalue weighted by atomic mass is 9.56. The molecule has 0 radical (unpaired) electrons. The van der Waals surface area contributed by atoms with Crippen molar-refractivity contribution in [2.24, 2.45) is 11.3 Å². The number of piperazine rings is 1. The van der Waals surface area contributed by atoms with Crippen molar-refractivity contribution in [3.8, 4) is 17.0 Å². The van der Waals surface area contributed by atoms with Gasteiger partial charge in [0.05, 0.1) is 35.0 Å². The Kier molecular flexibility index (Phi) is 8.53. The summed E-state index contributed by atoms with van der Waals surface area (Å²) in [5, 5.41) is 23.0. The highest BCUT2D eigenvalue weighted by molar-refractivity contribution is 6.32. The number of esters is 1. The standard InChI is InChI=1S/C36H45ClN8O3/c1-2-48-34(47)24-6-10-36(11-7-24)17-26(18-36)43-12-8-23(9-13-43)25-19-39-35(40-20-25)44-14-15-45-27(22-44)21-38-33-31(45)16-30(41-42-33)28-4-3-5-29(37)32(28)46/h3-5,16,19-20,23-24,26-27,46H,2,6-15,17-18,21-22H2,1H3,(H,38,42)/t24?,26?,27-,36?/m0/s1. The fraction of sp³-hybridized carbons (Fsp3) is 0.583. The van der Waals surface area contributed by atoms with Crippen LogP contribution in [0, 0.1) is 11.3 Å². The molecule has 0 amide bonds. The van der Waals surface area contributed by atoms with Crippen molar-refractivity contribution < 1.29 is 14.6 Å². The number of phenols is 1. The lowest BCUT2D eigenvalue weighted by molar-refractivity contribution is -0.151. The number of aromatic nitrogens is 4. The van der Waals surface area contributed by atoms with Gasteiger partial charge < -0.3 is 29.9 Å². The average molecular weight is 673 g/mol. The van der Waals surface area contributed by atoms with Gasteiger partial charge in [0.15, 0.2) is 5.82 Å². The SMILES string of the molecule is CCOC(=O)C1CCC2(CC1)CC(N1CCC(c3cnc(N4CCN5c6cc(-c7cccc(Cl)c7O)nnc6NC[C@H]5C4)nc3)CC1)C2. The average Bonchev–Trinajstić information content (AvgIpc) is 3.11. The van der Waals surface area contributed by atoms with Gasteiger partial charge in [0, 0.05) is 50.2 Å². The predicted octanol–water partition coefficient (Wildman–Crippen LogP) is 5.49. The van der Waals surface area contributed by atoms with Crippen LogP contribution >= 0.6 is 11.6 Å². The maximum Gasteiger partial charge on any atom is 0.308 e. The molecule has 12 heteroatoms. The van der Waals surface area contributed by atoms with Gasteiger partial charge in [-0.05, 0) is 106 Å². The Morgan fingerprint density at radius 3 is 2.56 bits per heavy atom. The molecule has 1 spiro atoms.